The van der Waals surface area contributed by atoms with Gasteiger partial charge in [-0.1, -0.05) is 43.4 Å². The van der Waals surface area contributed by atoms with E-state index in [0.717, 1.165) is 17.3 Å². The standard InChI is InChI=1S/C9H20INO2S/c1-9(2,3)8-14(12,13)11-7-5-4-6-10/h11H,4-8H2,1-3H3. The number of sulfonamides is 1. The summed E-state index contributed by atoms with van der Waals surface area (Å²) in [5, 5.41) is 0. The molecular formula is C9H20INO2S. The van der Waals surface area contributed by atoms with E-state index >= 15 is 0 Å². The van der Waals surface area contributed by atoms with Crippen molar-refractivity contribution in [3.63, 3.8) is 0 Å². The Morgan fingerprint density at radius 3 is 2.21 bits per heavy atom. The highest BCUT2D eigenvalue weighted by Gasteiger charge is 2.20. The summed E-state index contributed by atoms with van der Waals surface area (Å²) in [6.07, 6.45) is 1.99. The number of alkyl halides is 1. The Kier molecular flexibility index (Phi) is 6.56. The van der Waals surface area contributed by atoms with E-state index in [4.69, 9.17) is 0 Å². The molecule has 0 saturated heterocycles. The summed E-state index contributed by atoms with van der Waals surface area (Å²) in [6, 6.07) is 0. The van der Waals surface area contributed by atoms with Crippen molar-refractivity contribution in [1.29, 1.82) is 0 Å². The van der Waals surface area contributed by atoms with Gasteiger partial charge in [-0.05, 0) is 22.7 Å². The van der Waals surface area contributed by atoms with Crippen LogP contribution in [0.2, 0.25) is 0 Å². The molecule has 0 aromatic carbocycles. The lowest BCUT2D eigenvalue weighted by molar-refractivity contribution is 0.458. The van der Waals surface area contributed by atoms with Crippen LogP contribution in [0, 0.1) is 5.41 Å². The van der Waals surface area contributed by atoms with E-state index in [0.29, 0.717) is 6.54 Å². The number of halogens is 1. The van der Waals surface area contributed by atoms with Crippen molar-refractivity contribution in [3.05, 3.63) is 0 Å². The number of hydrogen-bond acceptors (Lipinski definition) is 2. The molecule has 0 atom stereocenters. The minimum Gasteiger partial charge on any atom is -0.215 e. The van der Waals surface area contributed by atoms with Crippen LogP contribution in [-0.2, 0) is 10.0 Å². The summed E-state index contributed by atoms with van der Waals surface area (Å²) in [5.74, 6) is 0.199. The summed E-state index contributed by atoms with van der Waals surface area (Å²) < 4.78 is 26.7. The lowest BCUT2D eigenvalue weighted by Crippen LogP contribution is -2.32. The molecule has 0 spiro atoms. The average Bonchev–Trinajstić information content (AvgIpc) is 1.93. The van der Waals surface area contributed by atoms with Crippen molar-refractivity contribution in [2.75, 3.05) is 16.7 Å². The second kappa shape index (κ2) is 6.27. The largest absolute Gasteiger partial charge is 0.215 e. The topological polar surface area (TPSA) is 46.2 Å². The van der Waals surface area contributed by atoms with Gasteiger partial charge in [0.15, 0.2) is 0 Å². The zero-order valence-corrected chi connectivity index (χ0v) is 12.1. The maximum atomic E-state index is 11.5. The van der Waals surface area contributed by atoms with Gasteiger partial charge < -0.3 is 0 Å². The van der Waals surface area contributed by atoms with Crippen LogP contribution in [0.5, 0.6) is 0 Å². The maximum absolute atomic E-state index is 11.5. The van der Waals surface area contributed by atoms with Crippen LogP contribution >= 0.6 is 22.6 Å². The molecule has 14 heavy (non-hydrogen) atoms. The van der Waals surface area contributed by atoms with Crippen molar-refractivity contribution in [1.82, 2.24) is 4.72 Å². The molecule has 0 heterocycles. The monoisotopic (exact) mass is 333 g/mol. The Morgan fingerprint density at radius 1 is 1.21 bits per heavy atom. The van der Waals surface area contributed by atoms with Crippen molar-refractivity contribution < 1.29 is 8.42 Å². The summed E-state index contributed by atoms with van der Waals surface area (Å²) in [4.78, 5) is 0. The summed E-state index contributed by atoms with van der Waals surface area (Å²) in [7, 11) is -3.07. The lowest BCUT2D eigenvalue weighted by Gasteiger charge is -2.18. The van der Waals surface area contributed by atoms with E-state index < -0.39 is 10.0 Å². The third-order valence-electron chi connectivity index (χ3n) is 1.51. The van der Waals surface area contributed by atoms with Crippen molar-refractivity contribution in [3.8, 4) is 0 Å². The first-order chi connectivity index (χ1) is 6.27. The van der Waals surface area contributed by atoms with Gasteiger partial charge >= 0.3 is 0 Å². The molecule has 0 aliphatic rings. The van der Waals surface area contributed by atoms with Gasteiger partial charge in [0.2, 0.25) is 10.0 Å². The highest BCUT2D eigenvalue weighted by Crippen LogP contribution is 2.15. The number of hydrogen-bond donors (Lipinski definition) is 1. The van der Waals surface area contributed by atoms with Crippen LogP contribution in [0.15, 0.2) is 0 Å². The van der Waals surface area contributed by atoms with E-state index in [1.807, 2.05) is 20.8 Å². The predicted molar refractivity (Wildman–Crippen MR) is 69.4 cm³/mol. The zero-order chi connectivity index (χ0) is 11.2. The molecule has 0 bridgehead atoms. The maximum Gasteiger partial charge on any atom is 0.212 e. The Labute approximate surface area is 101 Å². The first-order valence-corrected chi connectivity index (χ1v) is 7.98. The predicted octanol–water partition coefficient (Wildman–Crippen LogP) is 2.17. The molecular weight excluding hydrogens is 313 g/mol. The molecule has 0 aliphatic carbocycles. The fraction of sp³-hybridized carbons (Fsp3) is 1.00. The van der Waals surface area contributed by atoms with Crippen LogP contribution in [0.3, 0.4) is 0 Å². The second-order valence-corrected chi connectivity index (χ2v) is 7.50. The molecule has 0 saturated carbocycles. The lowest BCUT2D eigenvalue weighted by atomic mass is 10.0. The van der Waals surface area contributed by atoms with Crippen molar-refractivity contribution >= 4 is 32.6 Å². The summed E-state index contributed by atoms with van der Waals surface area (Å²) in [6.45, 7) is 6.35. The van der Waals surface area contributed by atoms with Gasteiger partial charge in [-0.15, -0.1) is 0 Å². The summed E-state index contributed by atoms with van der Waals surface area (Å²) in [5.41, 5.74) is -0.172. The van der Waals surface area contributed by atoms with Crippen LogP contribution < -0.4 is 4.72 Å². The van der Waals surface area contributed by atoms with E-state index in [9.17, 15) is 8.42 Å². The SMILES string of the molecule is CC(C)(C)CS(=O)(=O)NCCCCI. The van der Waals surface area contributed by atoms with Gasteiger partial charge in [-0.3, -0.25) is 0 Å². The summed E-state index contributed by atoms with van der Waals surface area (Å²) >= 11 is 2.29. The van der Waals surface area contributed by atoms with Gasteiger partial charge in [0.05, 0.1) is 5.75 Å². The first kappa shape index (κ1) is 14.6. The zero-order valence-electron chi connectivity index (χ0n) is 9.14. The average molecular weight is 333 g/mol. The van der Waals surface area contributed by atoms with Crippen LogP contribution in [0.1, 0.15) is 33.6 Å². The Bertz CT molecular complexity index is 244. The van der Waals surface area contributed by atoms with Gasteiger partial charge in [0, 0.05) is 6.54 Å². The molecule has 86 valence electrons. The highest BCUT2D eigenvalue weighted by atomic mass is 127. The van der Waals surface area contributed by atoms with Crippen LogP contribution in [-0.4, -0.2) is 25.1 Å². The van der Waals surface area contributed by atoms with E-state index in [1.54, 1.807) is 0 Å². The fourth-order valence-corrected chi connectivity index (χ4v) is 3.31. The van der Waals surface area contributed by atoms with E-state index in [1.165, 1.54) is 0 Å². The van der Waals surface area contributed by atoms with Crippen LogP contribution in [0.4, 0.5) is 0 Å². The minimum atomic E-state index is -3.07. The normalized spacial score (nSPS) is 13.1. The quantitative estimate of drug-likeness (QED) is 0.460. The van der Waals surface area contributed by atoms with Gasteiger partial charge in [0.25, 0.3) is 0 Å². The van der Waals surface area contributed by atoms with Crippen LogP contribution in [0.25, 0.3) is 0 Å². The Hall–Kier alpha value is 0.640. The molecule has 0 rings (SSSR count). The number of unbranched alkanes of at least 4 members (excludes halogenated alkanes) is 1. The van der Waals surface area contributed by atoms with Crippen molar-refractivity contribution in [2.45, 2.75) is 33.6 Å². The van der Waals surface area contributed by atoms with Gasteiger partial charge in [0.1, 0.15) is 0 Å². The van der Waals surface area contributed by atoms with Gasteiger partial charge in [-0.25, -0.2) is 13.1 Å². The molecule has 0 amide bonds. The molecule has 3 nitrogen and oxygen atoms in total. The Morgan fingerprint density at radius 2 is 1.79 bits per heavy atom. The smallest absolute Gasteiger partial charge is 0.212 e. The molecule has 1 N–H and O–H groups in total. The second-order valence-electron chi connectivity index (χ2n) is 4.61. The number of rotatable bonds is 6. The molecule has 0 aromatic heterocycles. The third kappa shape index (κ3) is 9.21. The molecule has 0 fully saturated rings. The molecule has 0 unspecified atom stereocenters. The highest BCUT2D eigenvalue weighted by molar-refractivity contribution is 14.1. The first-order valence-electron chi connectivity index (χ1n) is 4.80. The number of nitrogens with one attached hydrogen (secondary N) is 1. The van der Waals surface area contributed by atoms with E-state index in [-0.39, 0.29) is 11.2 Å². The Balaban J connectivity index is 3.86. The molecule has 0 aliphatic heterocycles. The third-order valence-corrected chi connectivity index (χ3v) is 4.16. The van der Waals surface area contributed by atoms with Gasteiger partial charge in [-0.2, -0.15) is 0 Å². The molecule has 0 radical (unpaired) electrons. The minimum absolute atomic E-state index is 0.172. The molecule has 0 aromatic rings. The van der Waals surface area contributed by atoms with Crippen molar-refractivity contribution in [2.24, 2.45) is 5.41 Å². The van der Waals surface area contributed by atoms with E-state index in [2.05, 4.69) is 27.3 Å². The fourth-order valence-electron chi connectivity index (χ4n) is 1.07. The molecule has 5 heteroatoms.